The van der Waals surface area contributed by atoms with Gasteiger partial charge in [0.25, 0.3) is 0 Å². The van der Waals surface area contributed by atoms with E-state index in [1.165, 1.54) is 11.1 Å². The molecule has 0 unspecified atom stereocenters. The van der Waals surface area contributed by atoms with E-state index in [9.17, 15) is 9.90 Å². The molecule has 154 valence electrons. The van der Waals surface area contributed by atoms with E-state index < -0.39 is 0 Å². The Kier molecular flexibility index (Phi) is 6.57. The number of phenols is 1. The Morgan fingerprint density at radius 2 is 1.30 bits per heavy atom. The standard InChI is InChI=1S/C26H28N2O2/c29-24-13-11-21(12-14-24)25(30)15-16-27-17-19-28(20-18-27)26(22-7-3-1-4-8-22)23-9-5-2-6-10-23/h1-14,26,29H,15-20H2. The molecular weight excluding hydrogens is 372 g/mol. The molecule has 4 rings (SSSR count). The molecule has 30 heavy (non-hydrogen) atoms. The second-order valence-corrected chi connectivity index (χ2v) is 7.82. The van der Waals surface area contributed by atoms with Crippen molar-refractivity contribution in [2.75, 3.05) is 32.7 Å². The van der Waals surface area contributed by atoms with Gasteiger partial charge in [-0.1, -0.05) is 60.7 Å². The number of aromatic hydroxyl groups is 1. The molecule has 0 saturated carbocycles. The summed E-state index contributed by atoms with van der Waals surface area (Å²) in [6, 6.07) is 28.2. The average molecular weight is 401 g/mol. The van der Waals surface area contributed by atoms with Gasteiger partial charge in [-0.2, -0.15) is 0 Å². The van der Waals surface area contributed by atoms with E-state index in [0.717, 1.165) is 32.7 Å². The highest BCUT2D eigenvalue weighted by Crippen LogP contribution is 2.29. The molecule has 0 spiro atoms. The Hall–Kier alpha value is -2.95. The third-order valence-corrected chi connectivity index (χ3v) is 5.85. The quantitative estimate of drug-likeness (QED) is 0.598. The van der Waals surface area contributed by atoms with Gasteiger partial charge in [-0.15, -0.1) is 0 Å². The van der Waals surface area contributed by atoms with Gasteiger partial charge >= 0.3 is 0 Å². The van der Waals surface area contributed by atoms with Crippen molar-refractivity contribution in [3.63, 3.8) is 0 Å². The maximum atomic E-state index is 12.4. The second-order valence-electron chi connectivity index (χ2n) is 7.82. The molecule has 0 amide bonds. The normalized spacial score (nSPS) is 15.4. The first-order valence-electron chi connectivity index (χ1n) is 10.6. The van der Waals surface area contributed by atoms with Crippen LogP contribution in [0.5, 0.6) is 5.75 Å². The van der Waals surface area contributed by atoms with Crippen molar-refractivity contribution in [1.29, 1.82) is 0 Å². The minimum absolute atomic E-state index is 0.129. The molecule has 1 saturated heterocycles. The van der Waals surface area contributed by atoms with E-state index in [-0.39, 0.29) is 17.6 Å². The third-order valence-electron chi connectivity index (χ3n) is 5.85. The number of hydrogen-bond acceptors (Lipinski definition) is 4. The van der Waals surface area contributed by atoms with E-state index >= 15 is 0 Å². The summed E-state index contributed by atoms with van der Waals surface area (Å²) in [7, 11) is 0. The highest BCUT2D eigenvalue weighted by Gasteiger charge is 2.26. The molecule has 4 heteroatoms. The zero-order valence-electron chi connectivity index (χ0n) is 17.2. The van der Waals surface area contributed by atoms with Crippen LogP contribution >= 0.6 is 0 Å². The first-order chi connectivity index (χ1) is 14.7. The molecule has 4 nitrogen and oxygen atoms in total. The van der Waals surface area contributed by atoms with Gasteiger partial charge in [0, 0.05) is 44.7 Å². The summed E-state index contributed by atoms with van der Waals surface area (Å²) in [5, 5.41) is 9.38. The minimum atomic E-state index is 0.129. The van der Waals surface area contributed by atoms with Gasteiger partial charge in [0.05, 0.1) is 6.04 Å². The first kappa shape index (κ1) is 20.3. The van der Waals surface area contributed by atoms with E-state index in [1.54, 1.807) is 24.3 Å². The van der Waals surface area contributed by atoms with Gasteiger partial charge in [-0.3, -0.25) is 9.69 Å². The fourth-order valence-corrected chi connectivity index (χ4v) is 4.18. The topological polar surface area (TPSA) is 43.8 Å². The Bertz CT molecular complexity index is 894. The molecular formula is C26H28N2O2. The summed E-state index contributed by atoms with van der Waals surface area (Å²) in [5.74, 6) is 0.318. The van der Waals surface area contributed by atoms with Gasteiger partial charge in [-0.25, -0.2) is 0 Å². The molecule has 1 N–H and O–H groups in total. The number of piperazine rings is 1. The van der Waals surface area contributed by atoms with Crippen LogP contribution in [0.3, 0.4) is 0 Å². The Morgan fingerprint density at radius 1 is 0.767 bits per heavy atom. The zero-order chi connectivity index (χ0) is 20.8. The van der Waals surface area contributed by atoms with Gasteiger partial charge in [0.2, 0.25) is 0 Å². The lowest BCUT2D eigenvalue weighted by Gasteiger charge is -2.39. The molecule has 1 heterocycles. The van der Waals surface area contributed by atoms with Crippen LogP contribution in [0.1, 0.15) is 33.9 Å². The van der Waals surface area contributed by atoms with Crippen molar-refractivity contribution in [2.24, 2.45) is 0 Å². The molecule has 0 aliphatic carbocycles. The molecule has 1 fully saturated rings. The van der Waals surface area contributed by atoms with Crippen LogP contribution in [-0.4, -0.2) is 53.4 Å². The summed E-state index contributed by atoms with van der Waals surface area (Å²) in [6.07, 6.45) is 0.506. The van der Waals surface area contributed by atoms with Crippen molar-refractivity contribution in [3.8, 4) is 5.75 Å². The van der Waals surface area contributed by atoms with Crippen molar-refractivity contribution in [2.45, 2.75) is 12.5 Å². The maximum Gasteiger partial charge on any atom is 0.164 e. The van der Waals surface area contributed by atoms with E-state index in [0.29, 0.717) is 12.0 Å². The minimum Gasteiger partial charge on any atom is -0.508 e. The number of nitrogens with zero attached hydrogens (tertiary/aromatic N) is 2. The van der Waals surface area contributed by atoms with Crippen molar-refractivity contribution in [1.82, 2.24) is 9.80 Å². The number of phenolic OH excluding ortho intramolecular Hbond substituents is 1. The van der Waals surface area contributed by atoms with Crippen LogP contribution < -0.4 is 0 Å². The monoisotopic (exact) mass is 400 g/mol. The van der Waals surface area contributed by atoms with Gasteiger partial charge < -0.3 is 10.0 Å². The summed E-state index contributed by atoms with van der Waals surface area (Å²) < 4.78 is 0. The van der Waals surface area contributed by atoms with E-state index in [2.05, 4.69) is 70.5 Å². The zero-order valence-corrected chi connectivity index (χ0v) is 17.2. The molecule has 0 radical (unpaired) electrons. The SMILES string of the molecule is O=C(CCN1CCN(C(c2ccccc2)c2ccccc2)CC1)c1ccc(O)cc1. The van der Waals surface area contributed by atoms with E-state index in [4.69, 9.17) is 0 Å². The van der Waals surface area contributed by atoms with Crippen LogP contribution in [0.4, 0.5) is 0 Å². The van der Waals surface area contributed by atoms with E-state index in [1.807, 2.05) is 0 Å². The molecule has 3 aromatic carbocycles. The summed E-state index contributed by atoms with van der Waals surface area (Å²) in [6.45, 7) is 4.64. The number of hydrogen-bond donors (Lipinski definition) is 1. The van der Waals surface area contributed by atoms with Crippen LogP contribution in [0.15, 0.2) is 84.9 Å². The highest BCUT2D eigenvalue weighted by molar-refractivity contribution is 5.96. The summed E-state index contributed by atoms with van der Waals surface area (Å²) in [4.78, 5) is 17.3. The Balaban J connectivity index is 1.36. The van der Waals surface area contributed by atoms with Crippen LogP contribution in [-0.2, 0) is 0 Å². The molecule has 1 aliphatic heterocycles. The molecule has 0 aromatic heterocycles. The number of benzene rings is 3. The number of ketones is 1. The molecule has 0 atom stereocenters. The number of carbonyl (C=O) groups is 1. The Labute approximate surface area is 178 Å². The highest BCUT2D eigenvalue weighted by atomic mass is 16.3. The second kappa shape index (κ2) is 9.70. The summed E-state index contributed by atoms with van der Waals surface area (Å²) in [5.41, 5.74) is 3.30. The predicted molar refractivity (Wildman–Crippen MR) is 120 cm³/mol. The largest absolute Gasteiger partial charge is 0.508 e. The lowest BCUT2D eigenvalue weighted by Crippen LogP contribution is -2.48. The summed E-state index contributed by atoms with van der Waals surface area (Å²) >= 11 is 0. The van der Waals surface area contributed by atoms with Crippen LogP contribution in [0, 0.1) is 0 Å². The number of carbonyl (C=O) groups excluding carboxylic acids is 1. The third kappa shape index (κ3) is 4.96. The smallest absolute Gasteiger partial charge is 0.164 e. The fourth-order valence-electron chi connectivity index (χ4n) is 4.18. The number of rotatable bonds is 7. The fraction of sp³-hybridized carbons (Fsp3) is 0.269. The predicted octanol–water partition coefficient (Wildman–Crippen LogP) is 4.37. The maximum absolute atomic E-state index is 12.4. The van der Waals surface area contributed by atoms with Gasteiger partial charge in [-0.05, 0) is 35.4 Å². The van der Waals surface area contributed by atoms with Crippen molar-refractivity contribution >= 4 is 5.78 Å². The lowest BCUT2D eigenvalue weighted by molar-refractivity contribution is 0.0893. The first-order valence-corrected chi connectivity index (χ1v) is 10.6. The van der Waals surface area contributed by atoms with Crippen LogP contribution in [0.2, 0.25) is 0 Å². The van der Waals surface area contributed by atoms with Crippen molar-refractivity contribution in [3.05, 3.63) is 102 Å². The molecule has 3 aromatic rings. The van der Waals surface area contributed by atoms with Crippen molar-refractivity contribution < 1.29 is 9.90 Å². The van der Waals surface area contributed by atoms with Gasteiger partial charge in [0.1, 0.15) is 5.75 Å². The van der Waals surface area contributed by atoms with Gasteiger partial charge in [0.15, 0.2) is 5.78 Å². The number of Topliss-reactive ketones (excluding diaryl/α,β-unsaturated/α-hetero) is 1. The average Bonchev–Trinajstić information content (AvgIpc) is 2.80. The Morgan fingerprint density at radius 3 is 1.83 bits per heavy atom. The molecule has 1 aliphatic rings. The molecule has 0 bridgehead atoms. The lowest BCUT2D eigenvalue weighted by atomic mass is 9.96. The van der Waals surface area contributed by atoms with Crippen LogP contribution in [0.25, 0.3) is 0 Å².